The maximum absolute atomic E-state index is 5.14. The largest absolute Gasteiger partial charge is 0.378 e. The van der Waals surface area contributed by atoms with Gasteiger partial charge in [0.2, 0.25) is 5.95 Å². The molecule has 0 aromatic carbocycles. The molecule has 0 amide bonds. The number of rotatable bonds is 6. The Kier molecular flexibility index (Phi) is 5.64. The van der Waals surface area contributed by atoms with Gasteiger partial charge in [0, 0.05) is 27.7 Å². The molecule has 0 saturated carbocycles. The minimum atomic E-state index is 0.463. The van der Waals surface area contributed by atoms with Gasteiger partial charge in [-0.25, -0.2) is 4.98 Å². The highest BCUT2D eigenvalue weighted by atomic mass is 79.9. The van der Waals surface area contributed by atoms with Crippen molar-refractivity contribution in [2.24, 2.45) is 0 Å². The monoisotopic (exact) mass is 302 g/mol. The summed E-state index contributed by atoms with van der Waals surface area (Å²) in [5, 5.41) is 3.28. The van der Waals surface area contributed by atoms with Crippen molar-refractivity contribution in [3.8, 4) is 0 Å². The molecule has 17 heavy (non-hydrogen) atoms. The fourth-order valence-corrected chi connectivity index (χ4v) is 1.71. The van der Waals surface area contributed by atoms with Gasteiger partial charge in [-0.15, -0.1) is 0 Å². The summed E-state index contributed by atoms with van der Waals surface area (Å²) >= 11 is 3.51. The third-order valence-corrected chi connectivity index (χ3v) is 2.96. The number of methoxy groups -OCH3 is 1. The first-order valence-corrected chi connectivity index (χ1v) is 6.36. The van der Waals surface area contributed by atoms with Crippen molar-refractivity contribution in [2.75, 3.05) is 38.0 Å². The summed E-state index contributed by atoms with van der Waals surface area (Å²) in [5.41, 5.74) is 0.852. The molecule has 6 heteroatoms. The van der Waals surface area contributed by atoms with Crippen molar-refractivity contribution >= 4 is 27.7 Å². The first-order chi connectivity index (χ1) is 8.10. The van der Waals surface area contributed by atoms with E-state index in [9.17, 15) is 0 Å². The molecule has 0 atom stereocenters. The van der Waals surface area contributed by atoms with Gasteiger partial charge in [0.15, 0.2) is 0 Å². The highest BCUT2D eigenvalue weighted by Gasteiger charge is 2.12. The smallest absolute Gasteiger partial charge is 0.227 e. The van der Waals surface area contributed by atoms with E-state index in [1.165, 1.54) is 0 Å². The lowest BCUT2D eigenvalue weighted by molar-refractivity contribution is 0.181. The molecule has 0 aliphatic heterocycles. The molecule has 1 rings (SSSR count). The third kappa shape index (κ3) is 3.81. The lowest BCUT2D eigenvalue weighted by Crippen LogP contribution is -2.16. The quantitative estimate of drug-likeness (QED) is 0.873. The molecular weight excluding hydrogens is 284 g/mol. The van der Waals surface area contributed by atoms with Crippen LogP contribution in [0.15, 0.2) is 4.47 Å². The predicted octanol–water partition coefficient (Wildman–Crippen LogP) is 2.27. The van der Waals surface area contributed by atoms with Crippen molar-refractivity contribution in [1.29, 1.82) is 0 Å². The van der Waals surface area contributed by atoms with Gasteiger partial charge in [-0.2, -0.15) is 4.98 Å². The molecule has 0 aliphatic rings. The summed E-state index contributed by atoms with van der Waals surface area (Å²) in [6.07, 6.45) is 1.05. The van der Waals surface area contributed by atoms with Gasteiger partial charge in [-0.3, -0.25) is 0 Å². The molecule has 0 radical (unpaired) electrons. The van der Waals surface area contributed by atoms with Crippen molar-refractivity contribution in [3.05, 3.63) is 10.2 Å². The minimum Gasteiger partial charge on any atom is -0.378 e. The van der Waals surface area contributed by atoms with Crippen LogP contribution in [0.5, 0.6) is 0 Å². The first kappa shape index (κ1) is 14.2. The summed E-state index contributed by atoms with van der Waals surface area (Å²) < 4.78 is 6.01. The van der Waals surface area contributed by atoms with Gasteiger partial charge in [0.1, 0.15) is 5.82 Å². The first-order valence-electron chi connectivity index (χ1n) is 5.56. The Labute approximate surface area is 111 Å². The Morgan fingerprint density at radius 3 is 2.59 bits per heavy atom. The Hall–Kier alpha value is -0.880. The molecular formula is C11H19BrN4O. The van der Waals surface area contributed by atoms with Gasteiger partial charge in [0.25, 0.3) is 0 Å². The Morgan fingerprint density at radius 1 is 1.35 bits per heavy atom. The second kappa shape index (κ2) is 6.76. The molecule has 1 aromatic rings. The van der Waals surface area contributed by atoms with E-state index >= 15 is 0 Å². The van der Waals surface area contributed by atoms with Crippen LogP contribution in [0.25, 0.3) is 0 Å². The van der Waals surface area contributed by atoms with Crippen molar-refractivity contribution < 1.29 is 4.74 Å². The molecule has 96 valence electrons. The number of hydrogen-bond acceptors (Lipinski definition) is 5. The van der Waals surface area contributed by atoms with Crippen LogP contribution in [-0.2, 0) is 11.3 Å². The molecule has 1 N–H and O–H groups in total. The topological polar surface area (TPSA) is 50.3 Å². The Morgan fingerprint density at radius 2 is 2.06 bits per heavy atom. The average Bonchev–Trinajstić information content (AvgIpc) is 2.30. The summed E-state index contributed by atoms with van der Waals surface area (Å²) in [6, 6.07) is 0. The van der Waals surface area contributed by atoms with Crippen LogP contribution in [-0.4, -0.2) is 37.7 Å². The molecule has 5 nitrogen and oxygen atoms in total. The normalized spacial score (nSPS) is 10.4. The van der Waals surface area contributed by atoms with Crippen LogP contribution < -0.4 is 10.2 Å². The average molecular weight is 303 g/mol. The number of nitrogens with zero attached hydrogens (tertiary/aromatic N) is 3. The van der Waals surface area contributed by atoms with Crippen LogP contribution >= 0.6 is 15.9 Å². The summed E-state index contributed by atoms with van der Waals surface area (Å²) in [7, 11) is 5.50. The van der Waals surface area contributed by atoms with Gasteiger partial charge < -0.3 is 15.0 Å². The highest BCUT2D eigenvalue weighted by Crippen LogP contribution is 2.26. The van der Waals surface area contributed by atoms with Crippen molar-refractivity contribution in [2.45, 2.75) is 20.0 Å². The molecule has 1 heterocycles. The van der Waals surface area contributed by atoms with E-state index in [-0.39, 0.29) is 0 Å². The third-order valence-electron chi connectivity index (χ3n) is 2.13. The Balaban J connectivity index is 3.08. The lowest BCUT2D eigenvalue weighted by atomic mass is 10.4. The standard InChI is InChI=1S/C11H19BrN4O/c1-5-6-13-10-9(12)8(7-17-4)14-11(15-10)16(2)3/h5-7H2,1-4H3,(H,13,14,15). The van der Waals surface area contributed by atoms with Crippen LogP contribution in [0.1, 0.15) is 19.0 Å². The van der Waals surface area contributed by atoms with Crippen LogP contribution in [0.2, 0.25) is 0 Å². The number of nitrogens with one attached hydrogen (secondary N) is 1. The maximum Gasteiger partial charge on any atom is 0.227 e. The van der Waals surface area contributed by atoms with E-state index in [1.54, 1.807) is 7.11 Å². The minimum absolute atomic E-state index is 0.463. The zero-order chi connectivity index (χ0) is 12.8. The summed E-state index contributed by atoms with van der Waals surface area (Å²) in [5.74, 6) is 1.50. The zero-order valence-corrected chi connectivity index (χ0v) is 12.3. The molecule has 0 spiro atoms. The van der Waals surface area contributed by atoms with Crippen LogP contribution in [0.3, 0.4) is 0 Å². The van der Waals surface area contributed by atoms with Gasteiger partial charge >= 0.3 is 0 Å². The fraction of sp³-hybridized carbons (Fsp3) is 0.636. The number of hydrogen-bond donors (Lipinski definition) is 1. The second-order valence-corrected chi connectivity index (χ2v) is 4.68. The van der Waals surface area contributed by atoms with E-state index < -0.39 is 0 Å². The summed E-state index contributed by atoms with van der Waals surface area (Å²) in [6.45, 7) is 3.46. The van der Waals surface area contributed by atoms with Crippen LogP contribution in [0, 0.1) is 0 Å². The SMILES string of the molecule is CCCNc1nc(N(C)C)nc(COC)c1Br. The fourth-order valence-electron chi connectivity index (χ4n) is 1.27. The highest BCUT2D eigenvalue weighted by molar-refractivity contribution is 9.10. The van der Waals surface area contributed by atoms with Crippen molar-refractivity contribution in [3.63, 3.8) is 0 Å². The second-order valence-electron chi connectivity index (χ2n) is 3.89. The number of anilines is 2. The van der Waals surface area contributed by atoms with Gasteiger partial charge in [-0.1, -0.05) is 6.92 Å². The molecule has 0 unspecified atom stereocenters. The number of aromatic nitrogens is 2. The van der Waals surface area contributed by atoms with Gasteiger partial charge in [0.05, 0.1) is 16.8 Å². The molecule has 0 bridgehead atoms. The maximum atomic E-state index is 5.14. The lowest BCUT2D eigenvalue weighted by Gasteiger charge is -2.16. The van der Waals surface area contributed by atoms with E-state index in [4.69, 9.17) is 4.74 Å². The van der Waals surface area contributed by atoms with E-state index in [1.807, 2.05) is 19.0 Å². The molecule has 0 aliphatic carbocycles. The number of ether oxygens (including phenoxy) is 1. The molecule has 1 aromatic heterocycles. The van der Waals surface area contributed by atoms with E-state index in [2.05, 4.69) is 38.1 Å². The van der Waals surface area contributed by atoms with Gasteiger partial charge in [-0.05, 0) is 22.4 Å². The van der Waals surface area contributed by atoms with Crippen LogP contribution in [0.4, 0.5) is 11.8 Å². The zero-order valence-electron chi connectivity index (χ0n) is 10.7. The Bertz CT molecular complexity index is 371. The number of halogens is 1. The van der Waals surface area contributed by atoms with E-state index in [0.717, 1.165) is 29.0 Å². The van der Waals surface area contributed by atoms with Crippen molar-refractivity contribution in [1.82, 2.24) is 9.97 Å². The molecule has 0 fully saturated rings. The molecule has 0 saturated heterocycles. The van der Waals surface area contributed by atoms with E-state index in [0.29, 0.717) is 12.6 Å². The predicted molar refractivity (Wildman–Crippen MR) is 73.6 cm³/mol. The summed E-state index contributed by atoms with van der Waals surface area (Å²) in [4.78, 5) is 10.8.